The van der Waals surface area contributed by atoms with Crippen molar-refractivity contribution >= 4 is 5.91 Å². The minimum Gasteiger partial charge on any atom is -0.375 e. The Morgan fingerprint density at radius 2 is 1.92 bits per heavy atom. The van der Waals surface area contributed by atoms with Crippen LogP contribution in [0.25, 0.3) is 0 Å². The molecule has 1 amide bonds. The lowest BCUT2D eigenvalue weighted by atomic mass is 9.88. The van der Waals surface area contributed by atoms with E-state index in [9.17, 15) is 4.79 Å². The molecule has 0 unspecified atom stereocenters. The fourth-order valence-corrected chi connectivity index (χ4v) is 4.58. The van der Waals surface area contributed by atoms with Crippen LogP contribution in [0.5, 0.6) is 0 Å². The maximum absolute atomic E-state index is 12.6. The van der Waals surface area contributed by atoms with Crippen molar-refractivity contribution in [1.29, 1.82) is 0 Å². The van der Waals surface area contributed by atoms with Gasteiger partial charge in [0.05, 0.1) is 12.1 Å². The number of carbonyl (C=O) groups excluding carboxylic acids is 1. The van der Waals surface area contributed by atoms with Crippen LogP contribution in [0.15, 0.2) is 30.3 Å². The summed E-state index contributed by atoms with van der Waals surface area (Å²) < 4.78 is 5.96. The van der Waals surface area contributed by atoms with Gasteiger partial charge in [0.1, 0.15) is 0 Å². The Kier molecular flexibility index (Phi) is 4.59. The highest BCUT2D eigenvalue weighted by Gasteiger charge is 2.39. The van der Waals surface area contributed by atoms with Crippen molar-refractivity contribution in [3.05, 3.63) is 35.9 Å². The number of rotatable bonds is 3. The van der Waals surface area contributed by atoms with Crippen LogP contribution in [0.3, 0.4) is 0 Å². The molecule has 1 aromatic rings. The monoisotopic (exact) mass is 328 g/mol. The van der Waals surface area contributed by atoms with Crippen LogP contribution in [0.4, 0.5) is 0 Å². The van der Waals surface area contributed by atoms with Gasteiger partial charge in [0.25, 0.3) is 0 Å². The standard InChI is InChI=1S/C20H28N2O2/c23-19(22-12-9-20(10-13-22)8-4-14-24-20)16-21-11-7-18(15-21)17-5-2-1-3-6-17/h1-3,5-6,18H,4,7-16H2/t18-/m1/s1. The summed E-state index contributed by atoms with van der Waals surface area (Å²) in [6.45, 7) is 5.27. The van der Waals surface area contributed by atoms with Gasteiger partial charge >= 0.3 is 0 Å². The van der Waals surface area contributed by atoms with E-state index in [2.05, 4.69) is 40.1 Å². The molecule has 3 aliphatic rings. The van der Waals surface area contributed by atoms with Crippen molar-refractivity contribution in [2.75, 3.05) is 39.3 Å². The van der Waals surface area contributed by atoms with Gasteiger partial charge in [0, 0.05) is 26.2 Å². The smallest absolute Gasteiger partial charge is 0.236 e. The van der Waals surface area contributed by atoms with Gasteiger partial charge in [-0.2, -0.15) is 0 Å². The van der Waals surface area contributed by atoms with Gasteiger partial charge in [-0.05, 0) is 50.1 Å². The largest absolute Gasteiger partial charge is 0.375 e. The Morgan fingerprint density at radius 1 is 1.12 bits per heavy atom. The summed E-state index contributed by atoms with van der Waals surface area (Å²) in [6.07, 6.45) is 5.56. The van der Waals surface area contributed by atoms with E-state index in [1.807, 2.05) is 0 Å². The van der Waals surface area contributed by atoms with Gasteiger partial charge < -0.3 is 9.64 Å². The van der Waals surface area contributed by atoms with E-state index in [4.69, 9.17) is 4.74 Å². The quantitative estimate of drug-likeness (QED) is 0.855. The van der Waals surface area contributed by atoms with E-state index in [0.717, 1.165) is 52.0 Å². The number of carbonyl (C=O) groups is 1. The highest BCUT2D eigenvalue weighted by Crippen LogP contribution is 2.35. The van der Waals surface area contributed by atoms with Crippen LogP contribution in [0.1, 0.15) is 43.6 Å². The molecule has 0 aromatic heterocycles. The van der Waals surface area contributed by atoms with Gasteiger partial charge in [-0.1, -0.05) is 30.3 Å². The van der Waals surface area contributed by atoms with Gasteiger partial charge in [0.15, 0.2) is 0 Å². The molecule has 24 heavy (non-hydrogen) atoms. The van der Waals surface area contributed by atoms with E-state index in [0.29, 0.717) is 18.4 Å². The second kappa shape index (κ2) is 6.85. The molecule has 4 rings (SSSR count). The Bertz CT molecular complexity index is 558. The molecule has 130 valence electrons. The Labute approximate surface area is 144 Å². The Balaban J connectivity index is 1.27. The molecule has 0 radical (unpaired) electrons. The third-order valence-corrected chi connectivity index (χ3v) is 6.11. The van der Waals surface area contributed by atoms with Crippen molar-refractivity contribution < 1.29 is 9.53 Å². The number of ether oxygens (including phenoxy) is 1. The molecule has 3 aliphatic heterocycles. The van der Waals surface area contributed by atoms with Crippen LogP contribution in [-0.4, -0.2) is 60.6 Å². The number of nitrogens with zero attached hydrogens (tertiary/aromatic N) is 2. The summed E-state index contributed by atoms with van der Waals surface area (Å²) in [5.74, 6) is 0.882. The normalized spacial score (nSPS) is 27.0. The Morgan fingerprint density at radius 3 is 2.62 bits per heavy atom. The lowest BCUT2D eigenvalue weighted by Gasteiger charge is -2.39. The summed E-state index contributed by atoms with van der Waals surface area (Å²) in [5, 5.41) is 0. The lowest BCUT2D eigenvalue weighted by Crippen LogP contribution is -2.48. The molecule has 1 aromatic carbocycles. The third-order valence-electron chi connectivity index (χ3n) is 6.11. The molecule has 0 saturated carbocycles. The highest BCUT2D eigenvalue weighted by molar-refractivity contribution is 5.78. The Hall–Kier alpha value is -1.39. The molecule has 0 N–H and O–H groups in total. The summed E-state index contributed by atoms with van der Waals surface area (Å²) in [4.78, 5) is 17.0. The number of piperidine rings is 1. The molecule has 3 fully saturated rings. The van der Waals surface area contributed by atoms with Crippen LogP contribution in [0.2, 0.25) is 0 Å². The molecule has 3 saturated heterocycles. The van der Waals surface area contributed by atoms with Crippen molar-refractivity contribution in [1.82, 2.24) is 9.80 Å². The molecule has 0 bridgehead atoms. The van der Waals surface area contributed by atoms with E-state index in [1.165, 1.54) is 18.4 Å². The average molecular weight is 328 g/mol. The van der Waals surface area contributed by atoms with Crippen LogP contribution < -0.4 is 0 Å². The number of hydrogen-bond acceptors (Lipinski definition) is 3. The summed E-state index contributed by atoms with van der Waals surface area (Å²) in [5.41, 5.74) is 1.51. The van der Waals surface area contributed by atoms with Crippen molar-refractivity contribution in [3.8, 4) is 0 Å². The molecular formula is C20H28N2O2. The molecular weight excluding hydrogens is 300 g/mol. The predicted octanol–water partition coefficient (Wildman–Crippen LogP) is 2.65. The fraction of sp³-hybridized carbons (Fsp3) is 0.650. The van der Waals surface area contributed by atoms with E-state index in [1.54, 1.807) is 0 Å². The molecule has 4 nitrogen and oxygen atoms in total. The molecule has 3 heterocycles. The van der Waals surface area contributed by atoms with Crippen molar-refractivity contribution in [2.24, 2.45) is 0 Å². The predicted molar refractivity (Wildman–Crippen MR) is 94.0 cm³/mol. The van der Waals surface area contributed by atoms with E-state index >= 15 is 0 Å². The number of likely N-dealkylation sites (tertiary alicyclic amines) is 2. The first-order valence-electron chi connectivity index (χ1n) is 9.43. The maximum atomic E-state index is 12.6. The summed E-state index contributed by atoms with van der Waals surface area (Å²) in [6, 6.07) is 10.7. The molecule has 1 spiro atoms. The van der Waals surface area contributed by atoms with Gasteiger partial charge in [0.2, 0.25) is 5.91 Å². The SMILES string of the molecule is O=C(CN1CC[C@@H](c2ccccc2)C1)N1CCC2(CCCO2)CC1. The van der Waals surface area contributed by atoms with Crippen molar-refractivity contribution in [3.63, 3.8) is 0 Å². The maximum Gasteiger partial charge on any atom is 0.236 e. The zero-order valence-corrected chi connectivity index (χ0v) is 14.5. The van der Waals surface area contributed by atoms with E-state index < -0.39 is 0 Å². The summed E-state index contributed by atoms with van der Waals surface area (Å²) in [7, 11) is 0. The number of benzene rings is 1. The van der Waals surface area contributed by atoms with Crippen molar-refractivity contribution in [2.45, 2.75) is 43.6 Å². The second-order valence-electron chi connectivity index (χ2n) is 7.65. The van der Waals surface area contributed by atoms with Crippen LogP contribution >= 0.6 is 0 Å². The van der Waals surface area contributed by atoms with Gasteiger partial charge in [-0.25, -0.2) is 0 Å². The van der Waals surface area contributed by atoms with Gasteiger partial charge in [-0.3, -0.25) is 9.69 Å². The minimum atomic E-state index is 0.100. The zero-order chi connectivity index (χ0) is 16.4. The first-order valence-corrected chi connectivity index (χ1v) is 9.43. The number of amides is 1. The third kappa shape index (κ3) is 3.35. The zero-order valence-electron chi connectivity index (χ0n) is 14.5. The lowest BCUT2D eigenvalue weighted by molar-refractivity contribution is -0.137. The number of hydrogen-bond donors (Lipinski definition) is 0. The van der Waals surface area contributed by atoms with Crippen LogP contribution in [0, 0.1) is 0 Å². The first kappa shape index (κ1) is 16.1. The molecule has 4 heteroatoms. The minimum absolute atomic E-state index is 0.100. The fourth-order valence-electron chi connectivity index (χ4n) is 4.58. The van der Waals surface area contributed by atoms with Gasteiger partial charge in [-0.15, -0.1) is 0 Å². The van der Waals surface area contributed by atoms with E-state index in [-0.39, 0.29) is 5.60 Å². The molecule has 1 atom stereocenters. The second-order valence-corrected chi connectivity index (χ2v) is 7.65. The average Bonchev–Trinajstić information content (AvgIpc) is 3.26. The highest BCUT2D eigenvalue weighted by atomic mass is 16.5. The van der Waals surface area contributed by atoms with Crippen LogP contribution in [-0.2, 0) is 9.53 Å². The first-order chi connectivity index (χ1) is 11.7. The topological polar surface area (TPSA) is 32.8 Å². The summed E-state index contributed by atoms with van der Waals surface area (Å²) >= 11 is 0. The molecule has 0 aliphatic carbocycles.